The summed E-state index contributed by atoms with van der Waals surface area (Å²) in [5, 5.41) is 12.7. The smallest absolute Gasteiger partial charge is 0.110 e. The second-order valence-electron chi connectivity index (χ2n) is 4.77. The number of ether oxygens (including phenoxy) is 2. The number of thioether (sulfide) groups is 1. The van der Waals surface area contributed by atoms with Gasteiger partial charge in [0.05, 0.1) is 17.9 Å². The van der Waals surface area contributed by atoms with E-state index >= 15 is 0 Å². The van der Waals surface area contributed by atoms with E-state index in [2.05, 4.69) is 18.3 Å². The number of benzene rings is 1. The van der Waals surface area contributed by atoms with Gasteiger partial charge in [-0.25, -0.2) is 0 Å². The van der Waals surface area contributed by atoms with Gasteiger partial charge in [-0.1, -0.05) is 13.0 Å². The normalized spacial score (nSPS) is 21.6. The Balaban J connectivity index is 2.13. The molecule has 4 nitrogen and oxygen atoms in total. The number of nitrogens with zero attached hydrogens (tertiary/aromatic N) is 1. The molecule has 20 heavy (non-hydrogen) atoms. The summed E-state index contributed by atoms with van der Waals surface area (Å²) in [6.45, 7) is 4.06. The Morgan fingerprint density at radius 2 is 2.40 bits per heavy atom. The van der Waals surface area contributed by atoms with Crippen LogP contribution in [-0.4, -0.2) is 38.2 Å². The van der Waals surface area contributed by atoms with Crippen LogP contribution < -0.4 is 5.32 Å². The van der Waals surface area contributed by atoms with E-state index in [4.69, 9.17) is 9.47 Å². The first-order chi connectivity index (χ1) is 9.74. The van der Waals surface area contributed by atoms with Gasteiger partial charge in [0.25, 0.3) is 0 Å². The molecule has 1 aliphatic rings. The lowest BCUT2D eigenvalue weighted by Gasteiger charge is -2.26. The third-order valence-electron chi connectivity index (χ3n) is 3.54. The van der Waals surface area contributed by atoms with E-state index in [1.54, 1.807) is 18.9 Å². The molecule has 0 bridgehead atoms. The zero-order chi connectivity index (χ0) is 14.4. The molecule has 0 amide bonds. The Hall–Kier alpha value is -1.22. The molecule has 1 unspecified atom stereocenters. The van der Waals surface area contributed by atoms with E-state index in [-0.39, 0.29) is 5.60 Å². The van der Waals surface area contributed by atoms with Crippen molar-refractivity contribution >= 4 is 17.4 Å². The molecule has 0 aromatic heterocycles. The highest BCUT2D eigenvalue weighted by Crippen LogP contribution is 2.29. The van der Waals surface area contributed by atoms with Crippen LogP contribution in [0.5, 0.6) is 0 Å². The summed E-state index contributed by atoms with van der Waals surface area (Å²) in [7, 11) is 1.71. The van der Waals surface area contributed by atoms with Gasteiger partial charge in [0.1, 0.15) is 11.7 Å². The zero-order valence-electron chi connectivity index (χ0n) is 11.9. The summed E-state index contributed by atoms with van der Waals surface area (Å²) in [6.07, 6.45) is 0.877. The molecule has 1 saturated heterocycles. The van der Waals surface area contributed by atoms with Crippen molar-refractivity contribution in [2.75, 3.05) is 37.9 Å². The maximum absolute atomic E-state index is 9.38. The molecule has 108 valence electrons. The minimum atomic E-state index is -0.277. The van der Waals surface area contributed by atoms with Crippen molar-refractivity contribution in [3.8, 4) is 6.07 Å². The molecule has 1 aromatic carbocycles. The second-order valence-corrected chi connectivity index (χ2v) is 6.07. The molecule has 1 heterocycles. The van der Waals surface area contributed by atoms with E-state index in [0.29, 0.717) is 18.7 Å². The number of nitriles is 1. The van der Waals surface area contributed by atoms with Crippen LogP contribution in [-0.2, 0) is 9.47 Å². The lowest BCUT2D eigenvalue weighted by atomic mass is 10.0. The lowest BCUT2D eigenvalue weighted by molar-refractivity contribution is -0.00620. The SMILES string of the molecule is CCSc1cccc(NCC2(OC)CCOC2)c1C#N. The van der Waals surface area contributed by atoms with Crippen LogP contribution in [0.4, 0.5) is 5.69 Å². The average molecular weight is 292 g/mol. The Bertz CT molecular complexity index is 493. The molecule has 0 aliphatic carbocycles. The highest BCUT2D eigenvalue weighted by Gasteiger charge is 2.34. The highest BCUT2D eigenvalue weighted by molar-refractivity contribution is 7.99. The third-order valence-corrected chi connectivity index (χ3v) is 4.48. The number of anilines is 1. The summed E-state index contributed by atoms with van der Waals surface area (Å²) >= 11 is 1.69. The minimum Gasteiger partial charge on any atom is -0.381 e. The van der Waals surface area contributed by atoms with Crippen molar-refractivity contribution in [2.24, 2.45) is 0 Å². The standard InChI is InChI=1S/C15H20N2O2S/c1-3-20-14-6-4-5-13(12(14)9-16)17-10-15(18-2)7-8-19-11-15/h4-6,17H,3,7-8,10-11H2,1-2H3. The zero-order valence-corrected chi connectivity index (χ0v) is 12.8. The van der Waals surface area contributed by atoms with Crippen LogP contribution in [0, 0.1) is 11.3 Å². The summed E-state index contributed by atoms with van der Waals surface area (Å²) in [5.74, 6) is 0.952. The maximum Gasteiger partial charge on any atom is 0.110 e. The Kier molecular flexibility index (Phi) is 5.30. The first kappa shape index (κ1) is 15.2. The monoisotopic (exact) mass is 292 g/mol. The molecule has 0 radical (unpaired) electrons. The van der Waals surface area contributed by atoms with Crippen LogP contribution >= 0.6 is 11.8 Å². The molecule has 0 saturated carbocycles. The largest absolute Gasteiger partial charge is 0.381 e. The summed E-state index contributed by atoms with van der Waals surface area (Å²) in [4.78, 5) is 1.02. The number of methoxy groups -OCH3 is 1. The van der Waals surface area contributed by atoms with Crippen LogP contribution in [0.25, 0.3) is 0 Å². The number of nitrogens with one attached hydrogen (secondary N) is 1. The van der Waals surface area contributed by atoms with Crippen molar-refractivity contribution in [1.29, 1.82) is 5.26 Å². The average Bonchev–Trinajstić information content (AvgIpc) is 2.95. The third kappa shape index (κ3) is 3.26. The molecule has 1 aromatic rings. The molecule has 5 heteroatoms. The van der Waals surface area contributed by atoms with Crippen molar-refractivity contribution in [1.82, 2.24) is 0 Å². The van der Waals surface area contributed by atoms with Gasteiger partial charge >= 0.3 is 0 Å². The molecule has 2 rings (SSSR count). The Morgan fingerprint density at radius 3 is 3.00 bits per heavy atom. The molecule has 1 fully saturated rings. The Morgan fingerprint density at radius 1 is 1.55 bits per heavy atom. The molecule has 1 aliphatic heterocycles. The van der Waals surface area contributed by atoms with Gasteiger partial charge in [-0.3, -0.25) is 0 Å². The van der Waals surface area contributed by atoms with Gasteiger partial charge in [-0.15, -0.1) is 11.8 Å². The minimum absolute atomic E-state index is 0.277. The van der Waals surface area contributed by atoms with Crippen LogP contribution in [0.2, 0.25) is 0 Å². The van der Waals surface area contributed by atoms with Gasteiger partial charge < -0.3 is 14.8 Å². The lowest BCUT2D eigenvalue weighted by Crippen LogP contribution is -2.39. The van der Waals surface area contributed by atoms with Crippen molar-refractivity contribution in [3.05, 3.63) is 23.8 Å². The molecule has 0 spiro atoms. The topological polar surface area (TPSA) is 54.3 Å². The van der Waals surface area contributed by atoms with E-state index in [1.165, 1.54) is 0 Å². The summed E-state index contributed by atoms with van der Waals surface area (Å²) in [6, 6.07) is 8.21. The van der Waals surface area contributed by atoms with E-state index in [9.17, 15) is 5.26 Å². The predicted octanol–water partition coefficient (Wildman–Crippen LogP) is 2.89. The van der Waals surface area contributed by atoms with Gasteiger partial charge in [-0.2, -0.15) is 5.26 Å². The Labute approximate surface area is 124 Å². The van der Waals surface area contributed by atoms with Crippen LogP contribution in [0.15, 0.2) is 23.1 Å². The quantitative estimate of drug-likeness (QED) is 0.817. The van der Waals surface area contributed by atoms with Crippen LogP contribution in [0.3, 0.4) is 0 Å². The van der Waals surface area contributed by atoms with Gasteiger partial charge in [0.2, 0.25) is 0 Å². The first-order valence-corrected chi connectivity index (χ1v) is 7.76. The fraction of sp³-hybridized carbons (Fsp3) is 0.533. The first-order valence-electron chi connectivity index (χ1n) is 6.77. The fourth-order valence-corrected chi connectivity index (χ4v) is 3.07. The summed E-state index contributed by atoms with van der Waals surface area (Å²) in [5.41, 5.74) is 1.31. The van der Waals surface area contributed by atoms with Crippen molar-refractivity contribution < 1.29 is 9.47 Å². The maximum atomic E-state index is 9.38. The van der Waals surface area contributed by atoms with Gasteiger partial charge in [0.15, 0.2) is 0 Å². The number of hydrogen-bond donors (Lipinski definition) is 1. The van der Waals surface area contributed by atoms with Crippen molar-refractivity contribution in [2.45, 2.75) is 23.8 Å². The van der Waals surface area contributed by atoms with E-state index < -0.39 is 0 Å². The van der Waals surface area contributed by atoms with E-state index in [1.807, 2.05) is 18.2 Å². The fourth-order valence-electron chi connectivity index (χ4n) is 2.29. The van der Waals surface area contributed by atoms with Crippen molar-refractivity contribution in [3.63, 3.8) is 0 Å². The number of hydrogen-bond acceptors (Lipinski definition) is 5. The van der Waals surface area contributed by atoms with Crippen LogP contribution in [0.1, 0.15) is 18.9 Å². The molecule has 1 N–H and O–H groups in total. The number of rotatable bonds is 6. The second kappa shape index (κ2) is 6.98. The summed E-state index contributed by atoms with van der Waals surface area (Å²) < 4.78 is 11.0. The molecular weight excluding hydrogens is 272 g/mol. The van der Waals surface area contributed by atoms with E-state index in [0.717, 1.165) is 29.4 Å². The highest BCUT2D eigenvalue weighted by atomic mass is 32.2. The molecular formula is C15H20N2O2S. The molecule has 1 atom stereocenters. The van der Waals surface area contributed by atoms with Gasteiger partial charge in [-0.05, 0) is 17.9 Å². The van der Waals surface area contributed by atoms with Gasteiger partial charge in [0, 0.05) is 31.6 Å². The predicted molar refractivity (Wildman–Crippen MR) is 81.2 cm³/mol.